The number of benzene rings is 7. The maximum Gasteiger partial charge on any atom is 0.0540 e. The van der Waals surface area contributed by atoms with Crippen molar-refractivity contribution in [3.63, 3.8) is 0 Å². The van der Waals surface area contributed by atoms with Gasteiger partial charge in [-0.2, -0.15) is 0 Å². The van der Waals surface area contributed by atoms with E-state index in [1.807, 2.05) is 0 Å². The van der Waals surface area contributed by atoms with E-state index < -0.39 is 0 Å². The molecule has 0 atom stereocenters. The molecule has 0 saturated carbocycles. The van der Waals surface area contributed by atoms with Crippen LogP contribution in [0, 0.1) is 0 Å². The molecule has 7 aromatic rings. The fourth-order valence-corrected chi connectivity index (χ4v) is 5.30. The minimum Gasteiger partial charge on any atom is -0.309 e. The van der Waals surface area contributed by atoms with Gasteiger partial charge in [0.1, 0.15) is 0 Å². The molecular formula is C32H21N. The number of fused-ring (bicyclic) bond motifs is 1. The summed E-state index contributed by atoms with van der Waals surface area (Å²) >= 11 is 0. The van der Waals surface area contributed by atoms with Crippen LogP contribution in [-0.2, 0) is 0 Å². The molecule has 0 aliphatic carbocycles. The van der Waals surface area contributed by atoms with Crippen LogP contribution in [0.4, 0.5) is 17.1 Å². The fraction of sp³-hybridized carbons (Fsp3) is 0. The minimum atomic E-state index is 1.16. The second-order valence-electron chi connectivity index (χ2n) is 8.61. The Morgan fingerprint density at radius 3 is 1.76 bits per heavy atom. The molecule has 0 aromatic heterocycles. The molecule has 0 N–H and O–H groups in total. The van der Waals surface area contributed by atoms with Gasteiger partial charge in [0, 0.05) is 16.5 Å². The van der Waals surface area contributed by atoms with E-state index >= 15 is 0 Å². The first-order chi connectivity index (χ1) is 16.4. The van der Waals surface area contributed by atoms with Crippen molar-refractivity contribution in [2.75, 3.05) is 4.90 Å². The standard InChI is InChI=1S/C32H21N/c1-2-12-26(13-3-1)33(29-15-7-9-22-8-4-5-14-27(22)29)30-21-19-25-17-16-23-10-6-11-24-18-20-28(30)32(25)31(23)24/h1-21H. The summed E-state index contributed by atoms with van der Waals surface area (Å²) in [4.78, 5) is 2.41. The first-order valence-corrected chi connectivity index (χ1v) is 11.4. The molecule has 33 heavy (non-hydrogen) atoms. The maximum absolute atomic E-state index is 2.41. The summed E-state index contributed by atoms with van der Waals surface area (Å²) in [5.74, 6) is 0. The summed E-state index contributed by atoms with van der Waals surface area (Å²) in [5, 5.41) is 10.3. The number of rotatable bonds is 3. The molecule has 1 nitrogen and oxygen atoms in total. The molecule has 0 aliphatic rings. The van der Waals surface area contributed by atoms with Crippen LogP contribution in [0.1, 0.15) is 0 Å². The summed E-state index contributed by atoms with van der Waals surface area (Å²) in [6.07, 6.45) is 0. The quantitative estimate of drug-likeness (QED) is 0.258. The van der Waals surface area contributed by atoms with E-state index in [2.05, 4.69) is 132 Å². The highest BCUT2D eigenvalue weighted by Gasteiger charge is 2.19. The molecule has 0 aliphatic heterocycles. The lowest BCUT2D eigenvalue weighted by Gasteiger charge is -2.28. The first-order valence-electron chi connectivity index (χ1n) is 11.4. The van der Waals surface area contributed by atoms with Gasteiger partial charge in [-0.1, -0.05) is 103 Å². The third kappa shape index (κ3) is 2.73. The van der Waals surface area contributed by atoms with Crippen molar-refractivity contribution < 1.29 is 0 Å². The molecule has 0 bridgehead atoms. The Labute approximate surface area is 192 Å². The normalized spacial score (nSPS) is 11.6. The Kier molecular flexibility index (Phi) is 3.91. The Balaban J connectivity index is 1.61. The Bertz CT molecular complexity index is 1740. The van der Waals surface area contributed by atoms with E-state index in [4.69, 9.17) is 0 Å². The van der Waals surface area contributed by atoms with Crippen molar-refractivity contribution in [3.05, 3.63) is 127 Å². The average Bonchev–Trinajstić information content (AvgIpc) is 2.89. The second-order valence-corrected chi connectivity index (χ2v) is 8.61. The van der Waals surface area contributed by atoms with Gasteiger partial charge in [-0.15, -0.1) is 0 Å². The fourth-order valence-electron chi connectivity index (χ4n) is 5.30. The van der Waals surface area contributed by atoms with Gasteiger partial charge in [-0.05, 0) is 56.6 Å². The van der Waals surface area contributed by atoms with Gasteiger partial charge in [-0.3, -0.25) is 0 Å². The van der Waals surface area contributed by atoms with Gasteiger partial charge in [0.15, 0.2) is 0 Å². The van der Waals surface area contributed by atoms with Crippen LogP contribution in [0.2, 0.25) is 0 Å². The summed E-state index contributed by atoms with van der Waals surface area (Å²) in [6.45, 7) is 0. The van der Waals surface area contributed by atoms with Crippen molar-refractivity contribution in [2.24, 2.45) is 0 Å². The number of nitrogens with zero attached hydrogens (tertiary/aromatic N) is 1. The van der Waals surface area contributed by atoms with Crippen molar-refractivity contribution in [3.8, 4) is 0 Å². The lowest BCUT2D eigenvalue weighted by Crippen LogP contribution is -2.11. The van der Waals surface area contributed by atoms with Crippen LogP contribution in [0.3, 0.4) is 0 Å². The predicted octanol–water partition coefficient (Wildman–Crippen LogP) is 9.21. The molecule has 7 rings (SSSR count). The SMILES string of the molecule is c1ccc(N(c2cccc3ccccc23)c2ccc3ccc4cccc5ccc2c3c45)cc1. The number of anilines is 3. The zero-order valence-electron chi connectivity index (χ0n) is 18.1. The number of hydrogen-bond donors (Lipinski definition) is 0. The van der Waals surface area contributed by atoms with E-state index in [0.717, 1.165) is 5.69 Å². The monoisotopic (exact) mass is 419 g/mol. The molecule has 0 spiro atoms. The number of hydrogen-bond acceptors (Lipinski definition) is 1. The van der Waals surface area contributed by atoms with Gasteiger partial charge in [0.05, 0.1) is 11.4 Å². The third-order valence-electron chi connectivity index (χ3n) is 6.77. The molecule has 0 saturated heterocycles. The summed E-state index contributed by atoms with van der Waals surface area (Å²) in [7, 11) is 0. The van der Waals surface area contributed by atoms with Gasteiger partial charge < -0.3 is 4.90 Å². The molecule has 0 heterocycles. The molecule has 7 aromatic carbocycles. The van der Waals surface area contributed by atoms with Crippen molar-refractivity contribution >= 4 is 60.2 Å². The summed E-state index contributed by atoms with van der Waals surface area (Å²) < 4.78 is 0. The zero-order valence-corrected chi connectivity index (χ0v) is 18.1. The first kappa shape index (κ1) is 18.2. The van der Waals surface area contributed by atoms with E-state index in [1.165, 1.54) is 54.5 Å². The highest BCUT2D eigenvalue weighted by molar-refractivity contribution is 6.26. The van der Waals surface area contributed by atoms with E-state index in [-0.39, 0.29) is 0 Å². The van der Waals surface area contributed by atoms with Crippen LogP contribution in [0.25, 0.3) is 43.1 Å². The topological polar surface area (TPSA) is 3.24 Å². The molecule has 0 radical (unpaired) electrons. The van der Waals surface area contributed by atoms with E-state index in [9.17, 15) is 0 Å². The smallest absolute Gasteiger partial charge is 0.0540 e. The average molecular weight is 420 g/mol. The van der Waals surface area contributed by atoms with Crippen LogP contribution in [-0.4, -0.2) is 0 Å². The van der Waals surface area contributed by atoms with Crippen molar-refractivity contribution in [1.82, 2.24) is 0 Å². The van der Waals surface area contributed by atoms with E-state index in [1.54, 1.807) is 0 Å². The van der Waals surface area contributed by atoms with Gasteiger partial charge in [0.2, 0.25) is 0 Å². The van der Waals surface area contributed by atoms with Gasteiger partial charge in [0.25, 0.3) is 0 Å². The summed E-state index contributed by atoms with van der Waals surface area (Å²) in [5.41, 5.74) is 3.54. The lowest BCUT2D eigenvalue weighted by molar-refractivity contribution is 1.31. The van der Waals surface area contributed by atoms with Gasteiger partial charge >= 0.3 is 0 Å². The highest BCUT2D eigenvalue weighted by Crippen LogP contribution is 2.45. The second kappa shape index (κ2) is 7.08. The summed E-state index contributed by atoms with van der Waals surface area (Å²) in [6, 6.07) is 46.1. The Morgan fingerprint density at radius 2 is 0.909 bits per heavy atom. The Hall–Kier alpha value is -4.36. The van der Waals surface area contributed by atoms with Crippen LogP contribution < -0.4 is 4.90 Å². The third-order valence-corrected chi connectivity index (χ3v) is 6.77. The van der Waals surface area contributed by atoms with Crippen molar-refractivity contribution in [1.29, 1.82) is 0 Å². The maximum atomic E-state index is 2.41. The molecule has 0 amide bonds. The minimum absolute atomic E-state index is 1.16. The molecule has 0 fully saturated rings. The zero-order chi connectivity index (χ0) is 21.8. The predicted molar refractivity (Wildman–Crippen MR) is 142 cm³/mol. The van der Waals surface area contributed by atoms with Crippen LogP contribution in [0.5, 0.6) is 0 Å². The van der Waals surface area contributed by atoms with E-state index in [0.29, 0.717) is 0 Å². The molecule has 0 unspecified atom stereocenters. The lowest BCUT2D eigenvalue weighted by atomic mass is 9.93. The number of para-hydroxylation sites is 1. The Morgan fingerprint density at radius 1 is 0.333 bits per heavy atom. The van der Waals surface area contributed by atoms with Crippen LogP contribution >= 0.6 is 0 Å². The molecule has 1 heteroatoms. The largest absolute Gasteiger partial charge is 0.309 e. The molecule has 154 valence electrons. The highest BCUT2D eigenvalue weighted by atomic mass is 15.1. The molecular weight excluding hydrogens is 398 g/mol. The van der Waals surface area contributed by atoms with Crippen LogP contribution in [0.15, 0.2) is 127 Å². The van der Waals surface area contributed by atoms with Crippen molar-refractivity contribution in [2.45, 2.75) is 0 Å². The van der Waals surface area contributed by atoms with Gasteiger partial charge in [-0.25, -0.2) is 0 Å².